The summed E-state index contributed by atoms with van der Waals surface area (Å²) in [7, 11) is 1.47. The van der Waals surface area contributed by atoms with E-state index in [1.54, 1.807) is 12.1 Å². The Morgan fingerprint density at radius 3 is 2.81 bits per heavy atom. The van der Waals surface area contributed by atoms with Crippen LogP contribution < -0.4 is 10.1 Å². The first-order valence-electron chi connectivity index (χ1n) is 6.35. The van der Waals surface area contributed by atoms with Crippen molar-refractivity contribution in [2.24, 2.45) is 0 Å². The Kier molecular flexibility index (Phi) is 4.56. The average molecular weight is 303 g/mol. The molecule has 0 radical (unpaired) electrons. The van der Waals surface area contributed by atoms with Gasteiger partial charge in [-0.3, -0.25) is 0 Å². The minimum atomic E-state index is 0.0422. The van der Waals surface area contributed by atoms with E-state index in [9.17, 15) is 10.4 Å². The summed E-state index contributed by atoms with van der Waals surface area (Å²) >= 11 is 6.00. The molecule has 21 heavy (non-hydrogen) atoms. The lowest BCUT2D eigenvalue weighted by atomic mass is 10.1. The van der Waals surface area contributed by atoms with Gasteiger partial charge >= 0.3 is 0 Å². The highest BCUT2D eigenvalue weighted by molar-refractivity contribution is 6.30. The van der Waals surface area contributed by atoms with Crippen molar-refractivity contribution in [3.63, 3.8) is 0 Å². The number of hydrogen-bond acceptors (Lipinski definition) is 4. The maximum atomic E-state index is 10.1. The zero-order valence-electron chi connectivity index (χ0n) is 11.8. The number of ether oxygens (including phenoxy) is 1. The zero-order chi connectivity index (χ0) is 15.4. The monoisotopic (exact) mass is 302 g/mol. The molecule has 2 aromatic rings. The number of anilines is 1. The van der Waals surface area contributed by atoms with Gasteiger partial charge in [0, 0.05) is 23.2 Å². The Morgan fingerprint density at radius 2 is 2.14 bits per heavy atom. The molecule has 5 heteroatoms. The molecule has 0 heterocycles. The molecule has 0 aromatic heterocycles. The Labute approximate surface area is 128 Å². The lowest BCUT2D eigenvalue weighted by Crippen LogP contribution is -2.03. The molecule has 0 bridgehead atoms. The van der Waals surface area contributed by atoms with Crippen LogP contribution in [0.3, 0.4) is 0 Å². The van der Waals surface area contributed by atoms with Gasteiger partial charge in [-0.25, -0.2) is 0 Å². The predicted molar refractivity (Wildman–Crippen MR) is 82.9 cm³/mol. The second-order valence-corrected chi connectivity index (χ2v) is 5.02. The highest BCUT2D eigenvalue weighted by atomic mass is 35.5. The molecule has 2 rings (SSSR count). The summed E-state index contributed by atoms with van der Waals surface area (Å²) in [5, 5.41) is 22.9. The fraction of sp³-hybridized carbons (Fsp3) is 0.188. The lowest BCUT2D eigenvalue weighted by Gasteiger charge is -2.13. The number of methoxy groups -OCH3 is 1. The molecule has 0 atom stereocenters. The first kappa shape index (κ1) is 15.0. The first-order chi connectivity index (χ1) is 10.1. The summed E-state index contributed by atoms with van der Waals surface area (Å²) in [6.07, 6.45) is 0. The van der Waals surface area contributed by atoms with E-state index in [-0.39, 0.29) is 5.75 Å². The van der Waals surface area contributed by atoms with E-state index >= 15 is 0 Å². The number of halogens is 1. The van der Waals surface area contributed by atoms with Crippen molar-refractivity contribution in [3.05, 3.63) is 52.0 Å². The highest BCUT2D eigenvalue weighted by Gasteiger charge is 2.11. The van der Waals surface area contributed by atoms with Crippen molar-refractivity contribution in [2.75, 3.05) is 12.4 Å². The summed E-state index contributed by atoms with van der Waals surface area (Å²) in [5.41, 5.74) is 2.81. The van der Waals surface area contributed by atoms with Crippen LogP contribution in [-0.4, -0.2) is 12.2 Å². The summed E-state index contributed by atoms with van der Waals surface area (Å²) < 4.78 is 5.07. The van der Waals surface area contributed by atoms with Crippen LogP contribution in [0.5, 0.6) is 11.5 Å². The topological polar surface area (TPSA) is 65.3 Å². The minimum Gasteiger partial charge on any atom is -0.504 e. The van der Waals surface area contributed by atoms with E-state index in [2.05, 4.69) is 11.4 Å². The Morgan fingerprint density at radius 1 is 1.38 bits per heavy atom. The molecule has 4 nitrogen and oxygen atoms in total. The number of nitriles is 1. The molecule has 0 unspecified atom stereocenters. The van der Waals surface area contributed by atoms with Crippen LogP contribution in [0.25, 0.3) is 0 Å². The number of aryl methyl sites for hydroxylation is 1. The van der Waals surface area contributed by atoms with E-state index in [4.69, 9.17) is 16.3 Å². The number of hydrogen-bond donors (Lipinski definition) is 2. The van der Waals surface area contributed by atoms with Gasteiger partial charge < -0.3 is 15.2 Å². The lowest BCUT2D eigenvalue weighted by molar-refractivity contribution is 0.371. The molecule has 0 spiro atoms. The third-order valence-electron chi connectivity index (χ3n) is 3.19. The van der Waals surface area contributed by atoms with Crippen molar-refractivity contribution < 1.29 is 9.84 Å². The van der Waals surface area contributed by atoms with Gasteiger partial charge in [0.15, 0.2) is 11.5 Å². The van der Waals surface area contributed by atoms with E-state index in [0.717, 1.165) is 11.3 Å². The smallest absolute Gasteiger partial charge is 0.162 e. The van der Waals surface area contributed by atoms with Crippen LogP contribution in [0.2, 0.25) is 5.02 Å². The number of phenols is 1. The van der Waals surface area contributed by atoms with Crippen molar-refractivity contribution >= 4 is 17.3 Å². The third kappa shape index (κ3) is 3.21. The molecule has 0 aliphatic carbocycles. The summed E-state index contributed by atoms with van der Waals surface area (Å²) in [4.78, 5) is 0. The fourth-order valence-electron chi connectivity index (χ4n) is 2.07. The predicted octanol–water partition coefficient (Wildman–Crippen LogP) is 3.85. The van der Waals surface area contributed by atoms with Crippen LogP contribution in [0.1, 0.15) is 16.7 Å². The van der Waals surface area contributed by atoms with Crippen molar-refractivity contribution in [1.82, 2.24) is 0 Å². The number of rotatable bonds is 4. The Balaban J connectivity index is 2.27. The molecule has 0 saturated carbocycles. The number of benzene rings is 2. The molecule has 0 aliphatic rings. The van der Waals surface area contributed by atoms with Gasteiger partial charge in [0.1, 0.15) is 6.07 Å². The average Bonchev–Trinajstić information content (AvgIpc) is 2.47. The molecule has 0 amide bonds. The molecular formula is C16H15ClN2O2. The molecule has 108 valence electrons. The first-order valence-corrected chi connectivity index (χ1v) is 6.73. The Hall–Kier alpha value is -2.38. The van der Waals surface area contributed by atoms with Crippen molar-refractivity contribution in [1.29, 1.82) is 5.26 Å². The standard InChI is InChI=1S/C16H15ClN2O2/c1-10-4-3-5-14(13(10)8-18)19-9-11-6-12(17)7-15(21-2)16(11)20/h3-7,19-20H,9H2,1-2H3. The molecule has 0 aliphatic heterocycles. The van der Waals surface area contributed by atoms with Gasteiger partial charge in [-0.15, -0.1) is 0 Å². The van der Waals surface area contributed by atoms with E-state index in [1.165, 1.54) is 7.11 Å². The van der Waals surface area contributed by atoms with Gasteiger partial charge in [-0.05, 0) is 24.6 Å². The van der Waals surface area contributed by atoms with Gasteiger partial charge in [-0.1, -0.05) is 23.7 Å². The van der Waals surface area contributed by atoms with Crippen LogP contribution in [-0.2, 0) is 6.54 Å². The maximum Gasteiger partial charge on any atom is 0.162 e. The summed E-state index contributed by atoms with van der Waals surface area (Å²) in [5.74, 6) is 0.365. The Bertz CT molecular complexity index is 708. The van der Waals surface area contributed by atoms with E-state index in [1.807, 2.05) is 25.1 Å². The number of nitrogens with zero attached hydrogens (tertiary/aromatic N) is 1. The number of aromatic hydroxyl groups is 1. The van der Waals surface area contributed by atoms with Crippen molar-refractivity contribution in [3.8, 4) is 17.6 Å². The van der Waals surface area contributed by atoms with Gasteiger partial charge in [0.05, 0.1) is 18.4 Å². The van der Waals surface area contributed by atoms with E-state index in [0.29, 0.717) is 28.4 Å². The molecular weight excluding hydrogens is 288 g/mol. The second-order valence-electron chi connectivity index (χ2n) is 4.58. The van der Waals surface area contributed by atoms with Gasteiger partial charge in [0.25, 0.3) is 0 Å². The summed E-state index contributed by atoms with van der Waals surface area (Å²) in [6, 6.07) is 11.0. The van der Waals surface area contributed by atoms with Crippen LogP contribution >= 0.6 is 11.6 Å². The third-order valence-corrected chi connectivity index (χ3v) is 3.41. The minimum absolute atomic E-state index is 0.0422. The van der Waals surface area contributed by atoms with Crippen LogP contribution in [0, 0.1) is 18.3 Å². The normalized spacial score (nSPS) is 10.0. The number of nitrogens with one attached hydrogen (secondary N) is 1. The van der Waals surface area contributed by atoms with Gasteiger partial charge in [-0.2, -0.15) is 5.26 Å². The summed E-state index contributed by atoms with van der Waals surface area (Å²) in [6.45, 7) is 2.21. The molecule has 0 fully saturated rings. The molecule has 2 aromatic carbocycles. The zero-order valence-corrected chi connectivity index (χ0v) is 12.5. The largest absolute Gasteiger partial charge is 0.504 e. The SMILES string of the molecule is COc1cc(Cl)cc(CNc2cccc(C)c2C#N)c1O. The maximum absolute atomic E-state index is 10.1. The van der Waals surface area contributed by atoms with Gasteiger partial charge in [0.2, 0.25) is 0 Å². The number of phenolic OH excluding ortho intramolecular Hbond substituents is 1. The van der Waals surface area contributed by atoms with Crippen LogP contribution in [0.4, 0.5) is 5.69 Å². The second kappa shape index (κ2) is 6.38. The molecule has 2 N–H and O–H groups in total. The molecule has 0 saturated heterocycles. The van der Waals surface area contributed by atoms with Crippen molar-refractivity contribution in [2.45, 2.75) is 13.5 Å². The quantitative estimate of drug-likeness (QED) is 0.900. The fourth-order valence-corrected chi connectivity index (χ4v) is 2.30. The van der Waals surface area contributed by atoms with Crippen LogP contribution in [0.15, 0.2) is 30.3 Å². The highest BCUT2D eigenvalue weighted by Crippen LogP contribution is 2.34. The van der Waals surface area contributed by atoms with E-state index < -0.39 is 0 Å².